The molecule has 128 valence electrons. The second kappa shape index (κ2) is 7.06. The molecule has 0 saturated heterocycles. The van der Waals surface area contributed by atoms with E-state index >= 15 is 0 Å². The number of rotatable bonds is 4. The fourth-order valence-corrected chi connectivity index (χ4v) is 3.12. The average molecular weight is 356 g/mol. The minimum absolute atomic E-state index is 0.137. The third-order valence-corrected chi connectivity index (χ3v) is 4.46. The smallest absolute Gasteiger partial charge is 0.257 e. The highest BCUT2D eigenvalue weighted by Crippen LogP contribution is 2.32. The van der Waals surface area contributed by atoms with Crippen molar-refractivity contribution in [3.63, 3.8) is 0 Å². The quantitative estimate of drug-likeness (QED) is 0.718. The van der Waals surface area contributed by atoms with E-state index in [1.165, 1.54) is 11.8 Å². The van der Waals surface area contributed by atoms with Gasteiger partial charge in [0.1, 0.15) is 5.52 Å². The van der Waals surface area contributed by atoms with E-state index in [4.69, 9.17) is 13.9 Å². The molecule has 0 saturated carbocycles. The number of fused-ring (bicyclic) bond motifs is 2. The van der Waals surface area contributed by atoms with E-state index in [9.17, 15) is 4.79 Å². The molecule has 1 aromatic heterocycles. The topological polar surface area (TPSA) is 73.6 Å². The molecule has 1 aliphatic heterocycles. The van der Waals surface area contributed by atoms with Gasteiger partial charge in [-0.1, -0.05) is 23.9 Å². The summed E-state index contributed by atoms with van der Waals surface area (Å²) in [6.07, 6.45) is 0.845. The minimum Gasteiger partial charge on any atom is -0.490 e. The molecule has 0 aliphatic carbocycles. The summed E-state index contributed by atoms with van der Waals surface area (Å²) >= 11 is 1.26. The van der Waals surface area contributed by atoms with Crippen molar-refractivity contribution in [1.82, 2.24) is 4.98 Å². The maximum atomic E-state index is 12.2. The highest BCUT2D eigenvalue weighted by Gasteiger charge is 2.13. The Hall–Kier alpha value is -2.67. The molecule has 7 heteroatoms. The summed E-state index contributed by atoms with van der Waals surface area (Å²) in [5.74, 6) is 1.43. The lowest BCUT2D eigenvalue weighted by Crippen LogP contribution is -2.14. The van der Waals surface area contributed by atoms with Crippen LogP contribution in [-0.2, 0) is 4.79 Å². The van der Waals surface area contributed by atoms with E-state index in [1.807, 2.05) is 30.3 Å². The van der Waals surface area contributed by atoms with Gasteiger partial charge < -0.3 is 19.2 Å². The van der Waals surface area contributed by atoms with E-state index in [-0.39, 0.29) is 11.7 Å². The molecule has 1 aliphatic rings. The summed E-state index contributed by atoms with van der Waals surface area (Å²) in [5, 5.41) is 3.33. The maximum Gasteiger partial charge on any atom is 0.257 e. The zero-order valence-corrected chi connectivity index (χ0v) is 14.2. The number of carbonyl (C=O) groups is 1. The molecule has 6 nitrogen and oxygen atoms in total. The van der Waals surface area contributed by atoms with Crippen molar-refractivity contribution in [1.29, 1.82) is 0 Å². The summed E-state index contributed by atoms with van der Waals surface area (Å²) < 4.78 is 16.8. The molecule has 0 radical (unpaired) electrons. The summed E-state index contributed by atoms with van der Waals surface area (Å²) in [5.41, 5.74) is 2.18. The molecule has 4 rings (SSSR count). The van der Waals surface area contributed by atoms with Crippen molar-refractivity contribution < 1.29 is 18.7 Å². The number of benzene rings is 2. The second-order valence-corrected chi connectivity index (χ2v) is 6.42. The minimum atomic E-state index is -0.137. The van der Waals surface area contributed by atoms with E-state index in [1.54, 1.807) is 12.1 Å². The summed E-state index contributed by atoms with van der Waals surface area (Å²) in [6, 6.07) is 12.9. The summed E-state index contributed by atoms with van der Waals surface area (Å²) in [6.45, 7) is 1.25. The molecule has 1 N–H and O–H groups in total. The van der Waals surface area contributed by atoms with Gasteiger partial charge in [0.2, 0.25) is 5.91 Å². The fraction of sp³-hybridized carbons (Fsp3) is 0.222. The fourth-order valence-electron chi connectivity index (χ4n) is 2.48. The summed E-state index contributed by atoms with van der Waals surface area (Å²) in [7, 11) is 0. The molecular formula is C18H16N2O4S. The van der Waals surface area contributed by atoms with Crippen molar-refractivity contribution in [2.45, 2.75) is 11.6 Å². The number of nitrogens with zero attached hydrogens (tertiary/aromatic N) is 1. The molecule has 2 heterocycles. The van der Waals surface area contributed by atoms with Crippen LogP contribution in [0.1, 0.15) is 6.42 Å². The Morgan fingerprint density at radius 1 is 1.12 bits per heavy atom. The van der Waals surface area contributed by atoms with Crippen molar-refractivity contribution in [2.75, 3.05) is 24.3 Å². The van der Waals surface area contributed by atoms with Gasteiger partial charge >= 0.3 is 0 Å². The van der Waals surface area contributed by atoms with Crippen molar-refractivity contribution >= 4 is 34.5 Å². The van der Waals surface area contributed by atoms with E-state index in [0.29, 0.717) is 41.2 Å². The van der Waals surface area contributed by atoms with Gasteiger partial charge in [-0.15, -0.1) is 0 Å². The lowest BCUT2D eigenvalue weighted by Gasteiger charge is -2.10. The number of amides is 1. The Morgan fingerprint density at radius 3 is 2.84 bits per heavy atom. The number of ether oxygens (including phenoxy) is 2. The van der Waals surface area contributed by atoms with Gasteiger partial charge in [0, 0.05) is 18.2 Å². The largest absolute Gasteiger partial charge is 0.490 e. The molecule has 0 fully saturated rings. The van der Waals surface area contributed by atoms with Gasteiger partial charge in [-0.05, 0) is 24.3 Å². The van der Waals surface area contributed by atoms with Crippen LogP contribution in [0.25, 0.3) is 11.1 Å². The molecule has 0 bridgehead atoms. The predicted octanol–water partition coefficient (Wildman–Crippen LogP) is 3.72. The average Bonchev–Trinajstić information content (AvgIpc) is 2.90. The third kappa shape index (κ3) is 3.71. The van der Waals surface area contributed by atoms with Gasteiger partial charge in [-0.25, -0.2) is 4.98 Å². The van der Waals surface area contributed by atoms with Crippen LogP contribution < -0.4 is 14.8 Å². The van der Waals surface area contributed by atoms with Gasteiger partial charge in [-0.3, -0.25) is 4.79 Å². The molecule has 3 aromatic rings. The molecule has 25 heavy (non-hydrogen) atoms. The van der Waals surface area contributed by atoms with E-state index in [2.05, 4.69) is 10.3 Å². The number of para-hydroxylation sites is 2. The molecule has 1 amide bonds. The molecule has 0 unspecified atom stereocenters. The Labute approximate surface area is 148 Å². The Morgan fingerprint density at radius 2 is 1.96 bits per heavy atom. The first-order valence-corrected chi connectivity index (χ1v) is 8.94. The molecule has 2 aromatic carbocycles. The van der Waals surface area contributed by atoms with Crippen LogP contribution in [0, 0.1) is 0 Å². The van der Waals surface area contributed by atoms with Crippen LogP contribution in [0.5, 0.6) is 11.5 Å². The van der Waals surface area contributed by atoms with Crippen LogP contribution in [0.15, 0.2) is 52.1 Å². The van der Waals surface area contributed by atoms with Crippen LogP contribution in [0.3, 0.4) is 0 Å². The van der Waals surface area contributed by atoms with Gasteiger partial charge in [0.15, 0.2) is 17.1 Å². The van der Waals surface area contributed by atoms with Crippen LogP contribution in [-0.4, -0.2) is 29.9 Å². The second-order valence-electron chi connectivity index (χ2n) is 5.50. The number of oxazole rings is 1. The Kier molecular flexibility index (Phi) is 4.47. The number of nitrogens with one attached hydrogen (secondary N) is 1. The van der Waals surface area contributed by atoms with Crippen molar-refractivity contribution in [3.8, 4) is 11.5 Å². The first-order chi connectivity index (χ1) is 12.3. The standard InChI is InChI=1S/C18H16N2O4S/c21-17(11-25-18-20-13-4-1-2-5-14(13)24-18)19-12-6-7-15-16(10-12)23-9-3-8-22-15/h1-2,4-7,10H,3,8-9,11H2,(H,19,21). The monoisotopic (exact) mass is 356 g/mol. The summed E-state index contributed by atoms with van der Waals surface area (Å²) in [4.78, 5) is 16.5. The first-order valence-electron chi connectivity index (χ1n) is 7.96. The Balaban J connectivity index is 1.38. The van der Waals surface area contributed by atoms with Gasteiger partial charge in [-0.2, -0.15) is 0 Å². The number of anilines is 1. The van der Waals surface area contributed by atoms with Gasteiger partial charge in [0.25, 0.3) is 5.22 Å². The lowest BCUT2D eigenvalue weighted by atomic mass is 10.2. The lowest BCUT2D eigenvalue weighted by molar-refractivity contribution is -0.113. The maximum absolute atomic E-state index is 12.2. The number of hydrogen-bond donors (Lipinski definition) is 1. The third-order valence-electron chi connectivity index (χ3n) is 3.63. The molecule has 0 spiro atoms. The highest BCUT2D eigenvalue weighted by atomic mass is 32.2. The molecular weight excluding hydrogens is 340 g/mol. The number of thioether (sulfide) groups is 1. The Bertz CT molecular complexity index is 876. The van der Waals surface area contributed by atoms with Crippen molar-refractivity contribution in [3.05, 3.63) is 42.5 Å². The number of hydrogen-bond acceptors (Lipinski definition) is 6. The van der Waals surface area contributed by atoms with E-state index < -0.39 is 0 Å². The zero-order chi connectivity index (χ0) is 17.1. The van der Waals surface area contributed by atoms with Crippen LogP contribution in [0.2, 0.25) is 0 Å². The van der Waals surface area contributed by atoms with Gasteiger partial charge in [0.05, 0.1) is 19.0 Å². The SMILES string of the molecule is O=C(CSc1nc2ccccc2o1)Nc1ccc2c(c1)OCCCO2. The number of aromatic nitrogens is 1. The molecule has 0 atom stereocenters. The normalized spacial score (nSPS) is 13.4. The highest BCUT2D eigenvalue weighted by molar-refractivity contribution is 7.99. The van der Waals surface area contributed by atoms with Crippen LogP contribution in [0.4, 0.5) is 5.69 Å². The predicted molar refractivity (Wildman–Crippen MR) is 95.4 cm³/mol. The van der Waals surface area contributed by atoms with E-state index in [0.717, 1.165) is 11.9 Å². The number of carbonyl (C=O) groups excluding carboxylic acids is 1. The van der Waals surface area contributed by atoms with Crippen LogP contribution >= 0.6 is 11.8 Å². The first kappa shape index (κ1) is 15.8. The van der Waals surface area contributed by atoms with Crippen molar-refractivity contribution in [2.24, 2.45) is 0 Å². The zero-order valence-electron chi connectivity index (χ0n) is 13.4.